The molecule has 0 aliphatic carbocycles. The molecule has 0 aromatic heterocycles. The van der Waals surface area contributed by atoms with Crippen molar-refractivity contribution in [3.8, 4) is 11.5 Å². The normalized spacial score (nSPS) is 11.5. The Kier molecular flexibility index (Phi) is 9.81. The minimum absolute atomic E-state index is 0.185. The van der Waals surface area contributed by atoms with Gasteiger partial charge in [0, 0.05) is 13.1 Å². The molecule has 0 heterocycles. The molecule has 0 saturated heterocycles. The summed E-state index contributed by atoms with van der Waals surface area (Å²) in [7, 11) is 1.57. The predicted octanol–water partition coefficient (Wildman–Crippen LogP) is 3.94. The SMILES string of the molecule is CCCCNC(=O)[C@@H](CC)N(Cc1ccc(F)cc1)C(=O)COc1ccc(OC)cc1. The van der Waals surface area contributed by atoms with Gasteiger partial charge in [0.2, 0.25) is 5.91 Å². The lowest BCUT2D eigenvalue weighted by Crippen LogP contribution is -2.50. The number of amides is 2. The maximum Gasteiger partial charge on any atom is 0.261 e. The number of nitrogens with one attached hydrogen (secondary N) is 1. The van der Waals surface area contributed by atoms with Crippen LogP contribution >= 0.6 is 0 Å². The summed E-state index contributed by atoms with van der Waals surface area (Å²) in [6.45, 7) is 4.44. The van der Waals surface area contributed by atoms with Gasteiger partial charge in [0.05, 0.1) is 7.11 Å². The van der Waals surface area contributed by atoms with Crippen LogP contribution in [0.3, 0.4) is 0 Å². The fourth-order valence-corrected chi connectivity index (χ4v) is 3.11. The van der Waals surface area contributed by atoms with E-state index >= 15 is 0 Å². The van der Waals surface area contributed by atoms with Crippen LogP contribution in [0, 0.1) is 5.82 Å². The van der Waals surface area contributed by atoms with Crippen molar-refractivity contribution in [1.29, 1.82) is 0 Å². The lowest BCUT2D eigenvalue weighted by atomic mass is 10.1. The Morgan fingerprint density at radius 1 is 1.03 bits per heavy atom. The number of methoxy groups -OCH3 is 1. The van der Waals surface area contributed by atoms with E-state index in [9.17, 15) is 14.0 Å². The third kappa shape index (κ3) is 7.59. The number of hydrogen-bond donors (Lipinski definition) is 1. The number of nitrogens with zero attached hydrogens (tertiary/aromatic N) is 1. The maximum absolute atomic E-state index is 13.3. The smallest absolute Gasteiger partial charge is 0.261 e. The van der Waals surface area contributed by atoms with E-state index in [0.717, 1.165) is 18.4 Å². The first kappa shape index (κ1) is 24.2. The van der Waals surface area contributed by atoms with Crippen LogP contribution in [0.5, 0.6) is 11.5 Å². The van der Waals surface area contributed by atoms with E-state index in [-0.39, 0.29) is 30.8 Å². The number of ether oxygens (including phenoxy) is 2. The van der Waals surface area contributed by atoms with E-state index in [0.29, 0.717) is 24.5 Å². The van der Waals surface area contributed by atoms with Crippen molar-refractivity contribution < 1.29 is 23.5 Å². The summed E-state index contributed by atoms with van der Waals surface area (Å²) >= 11 is 0. The molecular formula is C24H31FN2O4. The van der Waals surface area contributed by atoms with Crippen LogP contribution in [0.1, 0.15) is 38.7 Å². The van der Waals surface area contributed by atoms with Crippen LogP contribution in [0.15, 0.2) is 48.5 Å². The van der Waals surface area contributed by atoms with Gasteiger partial charge >= 0.3 is 0 Å². The zero-order valence-electron chi connectivity index (χ0n) is 18.4. The van der Waals surface area contributed by atoms with Gasteiger partial charge < -0.3 is 19.7 Å². The standard InChI is InChI=1S/C24H31FN2O4/c1-4-6-15-26-24(29)22(5-2)27(16-18-7-9-19(25)10-8-18)23(28)17-31-21-13-11-20(30-3)12-14-21/h7-14,22H,4-6,15-17H2,1-3H3,(H,26,29)/t22-/m1/s1. The van der Waals surface area contributed by atoms with Crippen LogP contribution in [-0.4, -0.2) is 43.0 Å². The molecule has 1 atom stereocenters. The zero-order chi connectivity index (χ0) is 22.6. The molecule has 6 nitrogen and oxygen atoms in total. The summed E-state index contributed by atoms with van der Waals surface area (Å²) in [4.78, 5) is 27.3. The molecule has 0 aliphatic rings. The second-order valence-corrected chi connectivity index (χ2v) is 7.18. The van der Waals surface area contributed by atoms with Gasteiger partial charge in [-0.3, -0.25) is 9.59 Å². The van der Waals surface area contributed by atoms with E-state index in [1.54, 1.807) is 43.5 Å². The number of benzene rings is 2. The molecule has 2 aromatic carbocycles. The lowest BCUT2D eigenvalue weighted by molar-refractivity contribution is -0.143. The second kappa shape index (κ2) is 12.6. The number of carbonyl (C=O) groups excluding carboxylic acids is 2. The molecule has 1 N–H and O–H groups in total. The highest BCUT2D eigenvalue weighted by Gasteiger charge is 2.28. The van der Waals surface area contributed by atoms with Crippen molar-refractivity contribution in [1.82, 2.24) is 10.2 Å². The van der Waals surface area contributed by atoms with Crippen LogP contribution < -0.4 is 14.8 Å². The molecule has 0 spiro atoms. The van der Waals surface area contributed by atoms with Crippen molar-refractivity contribution in [3.05, 3.63) is 59.9 Å². The average molecular weight is 431 g/mol. The summed E-state index contributed by atoms with van der Waals surface area (Å²) in [5.41, 5.74) is 0.735. The molecule has 0 fully saturated rings. The minimum Gasteiger partial charge on any atom is -0.497 e. The topological polar surface area (TPSA) is 67.9 Å². The molecule has 0 saturated carbocycles. The van der Waals surface area contributed by atoms with Crippen molar-refractivity contribution >= 4 is 11.8 Å². The molecule has 0 aliphatic heterocycles. The molecule has 2 rings (SSSR count). The molecule has 2 amide bonds. The Morgan fingerprint density at radius 2 is 1.68 bits per heavy atom. The first-order valence-corrected chi connectivity index (χ1v) is 10.6. The zero-order valence-corrected chi connectivity index (χ0v) is 18.4. The lowest BCUT2D eigenvalue weighted by Gasteiger charge is -2.30. The Hall–Kier alpha value is -3.09. The maximum atomic E-state index is 13.3. The largest absolute Gasteiger partial charge is 0.497 e. The number of unbranched alkanes of at least 4 members (excludes halogenated alkanes) is 1. The van der Waals surface area contributed by atoms with Crippen LogP contribution in [-0.2, 0) is 16.1 Å². The highest BCUT2D eigenvalue weighted by Crippen LogP contribution is 2.18. The molecule has 2 aromatic rings. The summed E-state index contributed by atoms with van der Waals surface area (Å²) < 4.78 is 24.1. The minimum atomic E-state index is -0.645. The third-order valence-corrected chi connectivity index (χ3v) is 4.90. The van der Waals surface area contributed by atoms with E-state index in [2.05, 4.69) is 5.32 Å². The van der Waals surface area contributed by atoms with Crippen molar-refractivity contribution in [2.24, 2.45) is 0 Å². The number of hydrogen-bond acceptors (Lipinski definition) is 4. The monoisotopic (exact) mass is 430 g/mol. The highest BCUT2D eigenvalue weighted by atomic mass is 19.1. The molecular weight excluding hydrogens is 399 g/mol. The number of halogens is 1. The Morgan fingerprint density at radius 3 is 2.26 bits per heavy atom. The van der Waals surface area contributed by atoms with E-state index in [1.165, 1.54) is 17.0 Å². The Balaban J connectivity index is 2.14. The van der Waals surface area contributed by atoms with Crippen molar-refractivity contribution in [3.63, 3.8) is 0 Å². The molecule has 0 radical (unpaired) electrons. The van der Waals surface area contributed by atoms with Gasteiger partial charge in [0.1, 0.15) is 23.4 Å². The molecule has 31 heavy (non-hydrogen) atoms. The van der Waals surface area contributed by atoms with E-state index in [1.807, 2.05) is 13.8 Å². The van der Waals surface area contributed by atoms with Crippen LogP contribution in [0.25, 0.3) is 0 Å². The second-order valence-electron chi connectivity index (χ2n) is 7.18. The van der Waals surface area contributed by atoms with Crippen LogP contribution in [0.2, 0.25) is 0 Å². The van der Waals surface area contributed by atoms with Crippen LogP contribution in [0.4, 0.5) is 4.39 Å². The molecule has 168 valence electrons. The summed E-state index contributed by atoms with van der Waals surface area (Å²) in [5, 5.41) is 2.90. The van der Waals surface area contributed by atoms with Crippen molar-refractivity contribution in [2.75, 3.05) is 20.3 Å². The average Bonchev–Trinajstić information content (AvgIpc) is 2.79. The van der Waals surface area contributed by atoms with Gasteiger partial charge in [-0.2, -0.15) is 0 Å². The quantitative estimate of drug-likeness (QED) is 0.518. The first-order chi connectivity index (χ1) is 15.0. The van der Waals surface area contributed by atoms with Gasteiger partial charge in [-0.15, -0.1) is 0 Å². The summed E-state index contributed by atoms with van der Waals surface area (Å²) in [5.74, 6) is 0.338. The molecule has 0 unspecified atom stereocenters. The predicted molar refractivity (Wildman–Crippen MR) is 117 cm³/mol. The summed E-state index contributed by atoms with van der Waals surface area (Å²) in [6, 6.07) is 12.2. The fourth-order valence-electron chi connectivity index (χ4n) is 3.11. The van der Waals surface area contributed by atoms with Gasteiger partial charge in [0.25, 0.3) is 5.91 Å². The first-order valence-electron chi connectivity index (χ1n) is 10.6. The van der Waals surface area contributed by atoms with Gasteiger partial charge in [-0.05, 0) is 54.8 Å². The van der Waals surface area contributed by atoms with E-state index < -0.39 is 6.04 Å². The molecule has 7 heteroatoms. The Bertz CT molecular complexity index is 824. The van der Waals surface area contributed by atoms with E-state index in [4.69, 9.17) is 9.47 Å². The number of rotatable bonds is 12. The van der Waals surface area contributed by atoms with Gasteiger partial charge in [-0.25, -0.2) is 4.39 Å². The fraction of sp³-hybridized carbons (Fsp3) is 0.417. The van der Waals surface area contributed by atoms with Gasteiger partial charge in [0.15, 0.2) is 6.61 Å². The van der Waals surface area contributed by atoms with Gasteiger partial charge in [-0.1, -0.05) is 32.4 Å². The third-order valence-electron chi connectivity index (χ3n) is 4.90. The molecule has 0 bridgehead atoms. The Labute approximate surface area is 183 Å². The van der Waals surface area contributed by atoms with Crippen molar-refractivity contribution in [2.45, 2.75) is 45.7 Å². The summed E-state index contributed by atoms with van der Waals surface area (Å²) in [6.07, 6.45) is 2.28. The number of carbonyl (C=O) groups is 2. The highest BCUT2D eigenvalue weighted by molar-refractivity contribution is 5.88.